The second-order valence-corrected chi connectivity index (χ2v) is 4.59. The Balaban J connectivity index is 2.58. The molecule has 3 rings (SSSR count). The smallest absolute Gasteiger partial charge is 0.335 e. The Labute approximate surface area is 118 Å². The molecule has 20 heavy (non-hydrogen) atoms. The van der Waals surface area contributed by atoms with Crippen LogP contribution in [0.5, 0.6) is 0 Å². The number of benzene rings is 1. The zero-order chi connectivity index (χ0) is 14.3. The van der Waals surface area contributed by atoms with E-state index in [9.17, 15) is 10.1 Å². The first-order valence-electron chi connectivity index (χ1n) is 5.75. The number of aromatic amines is 2. The Morgan fingerprint density at radius 3 is 2.60 bits per heavy atom. The van der Waals surface area contributed by atoms with Crippen LogP contribution in [0, 0.1) is 16.1 Å². The molecule has 7 heteroatoms. The summed E-state index contributed by atoms with van der Waals surface area (Å²) in [4.78, 5) is 17.3. The van der Waals surface area contributed by atoms with E-state index in [1.807, 2.05) is 36.4 Å². The van der Waals surface area contributed by atoms with Crippen molar-refractivity contribution in [3.05, 3.63) is 51.2 Å². The molecule has 1 aromatic carbocycles. The van der Waals surface area contributed by atoms with Gasteiger partial charge in [0.25, 0.3) is 0 Å². The number of rotatable bonds is 1. The van der Waals surface area contributed by atoms with Crippen molar-refractivity contribution in [2.24, 2.45) is 0 Å². The van der Waals surface area contributed by atoms with Gasteiger partial charge in [0.15, 0.2) is 4.77 Å². The summed E-state index contributed by atoms with van der Waals surface area (Å²) in [5, 5.41) is 9.33. The van der Waals surface area contributed by atoms with Gasteiger partial charge in [0, 0.05) is 5.56 Å². The predicted molar refractivity (Wildman–Crippen MR) is 77.8 cm³/mol. The fraction of sp³-hybridized carbons (Fsp3) is 0. The largest absolute Gasteiger partial charge is 0.384 e. The monoisotopic (exact) mass is 283 g/mol. The van der Waals surface area contributed by atoms with Gasteiger partial charge < -0.3 is 10.7 Å². The highest BCUT2D eigenvalue weighted by Crippen LogP contribution is 2.32. The van der Waals surface area contributed by atoms with E-state index in [-0.39, 0.29) is 16.2 Å². The van der Waals surface area contributed by atoms with Crippen LogP contribution in [0.1, 0.15) is 5.56 Å². The molecular formula is C13H9N5OS. The molecule has 3 aromatic rings. The molecule has 0 atom stereocenters. The van der Waals surface area contributed by atoms with Crippen molar-refractivity contribution >= 4 is 23.7 Å². The van der Waals surface area contributed by atoms with E-state index in [4.69, 9.17) is 18.0 Å². The molecule has 0 unspecified atom stereocenters. The first-order valence-corrected chi connectivity index (χ1v) is 6.16. The molecule has 2 aromatic heterocycles. The summed E-state index contributed by atoms with van der Waals surface area (Å²) < 4.78 is 1.40. The molecule has 0 spiro atoms. The highest BCUT2D eigenvalue weighted by atomic mass is 32.1. The zero-order valence-electron chi connectivity index (χ0n) is 10.2. The minimum absolute atomic E-state index is 0.0915. The third-order valence-electron chi connectivity index (χ3n) is 3.04. The van der Waals surface area contributed by atoms with Crippen molar-refractivity contribution in [3.63, 3.8) is 0 Å². The normalized spacial score (nSPS) is 10.6. The topological polar surface area (TPSA) is 103 Å². The Morgan fingerprint density at radius 2 is 1.95 bits per heavy atom. The SMILES string of the molecule is N#Cc1c(-c2ccccc2)c2[nH]c(=S)[nH]c(=O)n2c1N. The Morgan fingerprint density at radius 1 is 1.25 bits per heavy atom. The molecule has 0 fully saturated rings. The molecule has 0 saturated heterocycles. The number of H-pyrrole nitrogens is 2. The molecule has 0 aliphatic carbocycles. The lowest BCUT2D eigenvalue weighted by atomic mass is 10.0. The quantitative estimate of drug-likeness (QED) is 0.592. The number of nitrogens with two attached hydrogens (primary N) is 1. The van der Waals surface area contributed by atoms with Crippen LogP contribution < -0.4 is 11.4 Å². The highest BCUT2D eigenvalue weighted by molar-refractivity contribution is 7.71. The number of nitrogens with zero attached hydrogens (tertiary/aromatic N) is 2. The second-order valence-electron chi connectivity index (χ2n) is 4.18. The van der Waals surface area contributed by atoms with Gasteiger partial charge in [0.05, 0.1) is 0 Å². The van der Waals surface area contributed by atoms with Crippen molar-refractivity contribution in [1.82, 2.24) is 14.4 Å². The van der Waals surface area contributed by atoms with Crippen LogP contribution in [0.3, 0.4) is 0 Å². The van der Waals surface area contributed by atoms with Gasteiger partial charge in [0.2, 0.25) is 0 Å². The number of nitrogen functional groups attached to an aromatic ring is 1. The molecule has 98 valence electrons. The first kappa shape index (κ1) is 12.2. The molecule has 0 radical (unpaired) electrons. The maximum absolute atomic E-state index is 12.0. The fourth-order valence-electron chi connectivity index (χ4n) is 2.21. The summed E-state index contributed by atoms with van der Waals surface area (Å²) in [6, 6.07) is 11.3. The molecular weight excluding hydrogens is 274 g/mol. The molecule has 2 heterocycles. The van der Waals surface area contributed by atoms with Crippen molar-refractivity contribution in [2.75, 3.05) is 5.73 Å². The summed E-state index contributed by atoms with van der Waals surface area (Å²) in [6.07, 6.45) is 0. The summed E-state index contributed by atoms with van der Waals surface area (Å²) in [5.41, 5.74) is 7.46. The van der Waals surface area contributed by atoms with Crippen molar-refractivity contribution in [1.29, 1.82) is 5.26 Å². The summed E-state index contributed by atoms with van der Waals surface area (Å²) in [5.74, 6) is 0.0915. The maximum Gasteiger partial charge on any atom is 0.335 e. The third-order valence-corrected chi connectivity index (χ3v) is 3.24. The van der Waals surface area contributed by atoms with E-state index in [2.05, 4.69) is 9.97 Å². The molecule has 0 bridgehead atoms. The van der Waals surface area contributed by atoms with E-state index in [1.165, 1.54) is 4.40 Å². The van der Waals surface area contributed by atoms with Crippen LogP contribution >= 0.6 is 12.2 Å². The highest BCUT2D eigenvalue weighted by Gasteiger charge is 2.19. The number of hydrogen-bond acceptors (Lipinski definition) is 4. The summed E-state index contributed by atoms with van der Waals surface area (Å²) in [6.45, 7) is 0. The molecule has 0 aliphatic heterocycles. The van der Waals surface area contributed by atoms with Crippen molar-refractivity contribution < 1.29 is 0 Å². The predicted octanol–water partition coefficient (Wildman–Crippen LogP) is 1.81. The number of nitrogens with one attached hydrogen (secondary N) is 2. The van der Waals surface area contributed by atoms with E-state index in [1.54, 1.807) is 0 Å². The Kier molecular flexibility index (Phi) is 2.66. The lowest BCUT2D eigenvalue weighted by Crippen LogP contribution is -2.18. The Bertz CT molecular complexity index is 959. The minimum Gasteiger partial charge on any atom is -0.384 e. The van der Waals surface area contributed by atoms with Gasteiger partial charge >= 0.3 is 5.69 Å². The number of hydrogen-bond donors (Lipinski definition) is 3. The van der Waals surface area contributed by atoms with E-state index >= 15 is 0 Å². The van der Waals surface area contributed by atoms with Crippen molar-refractivity contribution in [3.8, 4) is 17.2 Å². The lowest BCUT2D eigenvalue weighted by Gasteiger charge is -2.00. The average molecular weight is 283 g/mol. The minimum atomic E-state index is -0.472. The van der Waals surface area contributed by atoms with Gasteiger partial charge in [-0.25, -0.2) is 9.20 Å². The molecule has 0 saturated carbocycles. The number of aromatic nitrogens is 3. The van der Waals surface area contributed by atoms with E-state index in [0.29, 0.717) is 11.2 Å². The van der Waals surface area contributed by atoms with Gasteiger partial charge in [-0.1, -0.05) is 30.3 Å². The standard InChI is InChI=1S/C13H9N5OS/c14-6-8-9(7-4-2-1-3-5-7)11-16-12(20)17-13(19)18(11)10(8)15/h1-5H,15H2,(H2,16,17,19,20). The number of nitriles is 1. The summed E-state index contributed by atoms with van der Waals surface area (Å²) in [7, 11) is 0. The van der Waals surface area contributed by atoms with Crippen LogP contribution in [-0.2, 0) is 0 Å². The van der Waals surface area contributed by atoms with Crippen LogP contribution in [0.4, 0.5) is 5.82 Å². The average Bonchev–Trinajstić information content (AvgIpc) is 2.72. The first-order chi connectivity index (χ1) is 9.63. The van der Waals surface area contributed by atoms with Crippen LogP contribution in [0.15, 0.2) is 35.1 Å². The van der Waals surface area contributed by atoms with E-state index in [0.717, 1.165) is 5.56 Å². The summed E-state index contributed by atoms with van der Waals surface area (Å²) >= 11 is 4.98. The Hall–Kier alpha value is -2.85. The third kappa shape index (κ3) is 1.63. The van der Waals surface area contributed by atoms with Gasteiger partial charge in [-0.15, -0.1) is 0 Å². The number of anilines is 1. The molecule has 0 aliphatic rings. The van der Waals surface area contributed by atoms with E-state index < -0.39 is 5.69 Å². The second kappa shape index (κ2) is 4.36. The molecule has 0 amide bonds. The van der Waals surface area contributed by atoms with Gasteiger partial charge in [-0.2, -0.15) is 5.26 Å². The van der Waals surface area contributed by atoms with Gasteiger partial charge in [0.1, 0.15) is 23.1 Å². The van der Waals surface area contributed by atoms with Gasteiger partial charge in [-0.05, 0) is 17.8 Å². The maximum atomic E-state index is 12.0. The number of fused-ring (bicyclic) bond motifs is 1. The van der Waals surface area contributed by atoms with Crippen molar-refractivity contribution in [2.45, 2.75) is 0 Å². The zero-order valence-corrected chi connectivity index (χ0v) is 11.0. The van der Waals surface area contributed by atoms with Crippen LogP contribution in [0.25, 0.3) is 16.8 Å². The van der Waals surface area contributed by atoms with Gasteiger partial charge in [-0.3, -0.25) is 4.98 Å². The van der Waals surface area contributed by atoms with Crippen LogP contribution in [0.2, 0.25) is 0 Å². The molecule has 6 nitrogen and oxygen atoms in total. The lowest BCUT2D eigenvalue weighted by molar-refractivity contribution is 0.949. The van der Waals surface area contributed by atoms with Crippen LogP contribution in [-0.4, -0.2) is 14.4 Å². The molecule has 4 N–H and O–H groups in total. The fourth-order valence-corrected chi connectivity index (χ4v) is 2.39.